The molecule has 0 aromatic heterocycles. The predicted molar refractivity (Wildman–Crippen MR) is 90.6 cm³/mol. The maximum Gasteiger partial charge on any atom is 0.223 e. The molecule has 0 radical (unpaired) electrons. The van der Waals surface area contributed by atoms with E-state index in [1.165, 1.54) is 0 Å². The predicted octanol–water partition coefficient (Wildman–Crippen LogP) is 3.07. The molecule has 24 heavy (non-hydrogen) atoms. The minimum Gasteiger partial charge on any atom is -0.490 e. The molecular weight excluding hydrogens is 306 g/mol. The molecule has 1 amide bonds. The highest BCUT2D eigenvalue weighted by Crippen LogP contribution is 2.31. The summed E-state index contributed by atoms with van der Waals surface area (Å²) in [5.41, 5.74) is 0.583. The van der Waals surface area contributed by atoms with Gasteiger partial charge in [-0.3, -0.25) is 9.59 Å². The molecule has 1 fully saturated rings. The van der Waals surface area contributed by atoms with Crippen LogP contribution in [0, 0.1) is 5.92 Å². The summed E-state index contributed by atoms with van der Waals surface area (Å²) in [5.74, 6) is 2.06. The van der Waals surface area contributed by atoms with Gasteiger partial charge in [-0.1, -0.05) is 6.92 Å². The zero-order chi connectivity index (χ0) is 16.9. The number of hydrogen-bond donors (Lipinski definition) is 0. The monoisotopic (exact) mass is 331 g/mol. The molecule has 0 bridgehead atoms. The third kappa shape index (κ3) is 4.08. The molecule has 1 aromatic carbocycles. The summed E-state index contributed by atoms with van der Waals surface area (Å²) in [6.07, 6.45) is 3.47. The molecule has 2 aliphatic heterocycles. The van der Waals surface area contributed by atoms with E-state index < -0.39 is 0 Å². The Kier molecular flexibility index (Phi) is 5.38. The maximum absolute atomic E-state index is 12.4. The van der Waals surface area contributed by atoms with E-state index in [2.05, 4.69) is 6.92 Å². The summed E-state index contributed by atoms with van der Waals surface area (Å²) in [6.45, 7) is 5.08. The molecule has 1 saturated heterocycles. The first-order valence-electron chi connectivity index (χ1n) is 8.84. The van der Waals surface area contributed by atoms with E-state index in [4.69, 9.17) is 9.47 Å². The molecule has 5 heteroatoms. The lowest BCUT2D eigenvalue weighted by Gasteiger charge is -2.30. The van der Waals surface area contributed by atoms with Crippen LogP contribution in [0.5, 0.6) is 11.5 Å². The minimum atomic E-state index is -0.0237. The van der Waals surface area contributed by atoms with Crippen molar-refractivity contribution in [3.05, 3.63) is 23.8 Å². The molecule has 0 atom stereocenters. The van der Waals surface area contributed by atoms with Gasteiger partial charge in [0.25, 0.3) is 0 Å². The number of piperidine rings is 1. The quantitative estimate of drug-likeness (QED) is 0.796. The summed E-state index contributed by atoms with van der Waals surface area (Å²) in [4.78, 5) is 26.5. The maximum atomic E-state index is 12.4. The van der Waals surface area contributed by atoms with Gasteiger partial charge < -0.3 is 14.4 Å². The third-order valence-corrected chi connectivity index (χ3v) is 4.77. The molecule has 0 saturated carbocycles. The molecule has 0 spiro atoms. The number of benzene rings is 1. The van der Waals surface area contributed by atoms with Gasteiger partial charge in [-0.25, -0.2) is 0 Å². The molecule has 130 valence electrons. The largest absolute Gasteiger partial charge is 0.490 e. The molecular formula is C19H25NO4. The number of fused-ring (bicyclic) bond motifs is 1. The Balaban J connectivity index is 1.55. The van der Waals surface area contributed by atoms with Gasteiger partial charge in [0, 0.05) is 37.9 Å². The van der Waals surface area contributed by atoms with Crippen LogP contribution >= 0.6 is 0 Å². The molecule has 5 nitrogen and oxygen atoms in total. The zero-order valence-electron chi connectivity index (χ0n) is 14.3. The van der Waals surface area contributed by atoms with Crippen molar-refractivity contribution in [1.82, 2.24) is 4.90 Å². The number of likely N-dealkylation sites (tertiary alicyclic amines) is 1. The van der Waals surface area contributed by atoms with Crippen LogP contribution in [-0.2, 0) is 4.79 Å². The Hall–Kier alpha value is -2.04. The Morgan fingerprint density at radius 3 is 2.54 bits per heavy atom. The smallest absolute Gasteiger partial charge is 0.223 e. The number of ketones is 1. The summed E-state index contributed by atoms with van der Waals surface area (Å²) in [7, 11) is 0. The van der Waals surface area contributed by atoms with Crippen molar-refractivity contribution in [2.24, 2.45) is 5.92 Å². The number of amides is 1. The Labute approximate surface area is 142 Å². The van der Waals surface area contributed by atoms with Crippen LogP contribution in [0.3, 0.4) is 0 Å². The van der Waals surface area contributed by atoms with Crippen LogP contribution < -0.4 is 9.47 Å². The number of ether oxygens (including phenoxy) is 2. The van der Waals surface area contributed by atoms with Crippen LogP contribution in [-0.4, -0.2) is 42.9 Å². The lowest BCUT2D eigenvalue weighted by Crippen LogP contribution is -2.38. The number of Topliss-reactive ketones (excluding diaryl/α,β-unsaturated/α-hetero) is 1. The zero-order valence-corrected chi connectivity index (χ0v) is 14.3. The lowest BCUT2D eigenvalue weighted by molar-refractivity contribution is -0.132. The van der Waals surface area contributed by atoms with Gasteiger partial charge in [-0.15, -0.1) is 0 Å². The number of carbonyl (C=O) groups excluding carboxylic acids is 2. The first kappa shape index (κ1) is 16.8. The first-order valence-corrected chi connectivity index (χ1v) is 8.84. The first-order chi connectivity index (χ1) is 11.6. The van der Waals surface area contributed by atoms with Gasteiger partial charge in [0.15, 0.2) is 17.3 Å². The summed E-state index contributed by atoms with van der Waals surface area (Å²) < 4.78 is 11.2. The molecule has 3 rings (SSSR count). The highest BCUT2D eigenvalue weighted by molar-refractivity contribution is 5.98. The van der Waals surface area contributed by atoms with Gasteiger partial charge in [-0.2, -0.15) is 0 Å². The SMILES string of the molecule is CC1CCN(C(=O)CCC(=O)c2ccc3c(c2)OCCCO3)CC1. The highest BCUT2D eigenvalue weighted by atomic mass is 16.5. The van der Waals surface area contributed by atoms with Crippen LogP contribution in [0.15, 0.2) is 18.2 Å². The molecule has 2 heterocycles. The Morgan fingerprint density at radius 1 is 1.08 bits per heavy atom. The second-order valence-electron chi connectivity index (χ2n) is 6.70. The lowest BCUT2D eigenvalue weighted by atomic mass is 9.98. The minimum absolute atomic E-state index is 0.0237. The number of hydrogen-bond acceptors (Lipinski definition) is 4. The van der Waals surface area contributed by atoms with Crippen molar-refractivity contribution in [3.63, 3.8) is 0 Å². The molecule has 0 unspecified atom stereocenters. The van der Waals surface area contributed by atoms with Crippen molar-refractivity contribution >= 4 is 11.7 Å². The number of nitrogens with zero attached hydrogens (tertiary/aromatic N) is 1. The van der Waals surface area contributed by atoms with Crippen molar-refractivity contribution in [3.8, 4) is 11.5 Å². The van der Waals surface area contributed by atoms with Crippen LogP contribution in [0.25, 0.3) is 0 Å². The fourth-order valence-electron chi connectivity index (χ4n) is 3.12. The van der Waals surface area contributed by atoms with E-state index in [1.807, 2.05) is 4.90 Å². The van der Waals surface area contributed by atoms with Crippen molar-refractivity contribution in [1.29, 1.82) is 0 Å². The topological polar surface area (TPSA) is 55.8 Å². The van der Waals surface area contributed by atoms with Crippen molar-refractivity contribution < 1.29 is 19.1 Å². The van der Waals surface area contributed by atoms with E-state index in [-0.39, 0.29) is 24.5 Å². The van der Waals surface area contributed by atoms with Crippen molar-refractivity contribution in [2.75, 3.05) is 26.3 Å². The Morgan fingerprint density at radius 2 is 1.79 bits per heavy atom. The Bertz CT molecular complexity index is 605. The summed E-state index contributed by atoms with van der Waals surface area (Å²) >= 11 is 0. The average Bonchev–Trinajstić information content (AvgIpc) is 2.84. The second-order valence-corrected chi connectivity index (χ2v) is 6.70. The van der Waals surface area contributed by atoms with E-state index in [0.717, 1.165) is 32.4 Å². The van der Waals surface area contributed by atoms with Gasteiger partial charge >= 0.3 is 0 Å². The fraction of sp³-hybridized carbons (Fsp3) is 0.579. The van der Waals surface area contributed by atoms with Crippen LogP contribution in [0.2, 0.25) is 0 Å². The number of rotatable bonds is 4. The van der Waals surface area contributed by atoms with Gasteiger partial charge in [0.05, 0.1) is 13.2 Å². The second kappa shape index (κ2) is 7.69. The average molecular weight is 331 g/mol. The number of carbonyl (C=O) groups is 2. The molecule has 0 N–H and O–H groups in total. The standard InChI is InChI=1S/C19H25NO4/c1-14-7-9-20(10-8-14)19(22)6-4-16(21)15-3-5-17-18(13-15)24-12-2-11-23-17/h3,5,13-14H,2,4,6-12H2,1H3. The van der Waals surface area contributed by atoms with E-state index >= 15 is 0 Å². The third-order valence-electron chi connectivity index (χ3n) is 4.77. The molecule has 2 aliphatic rings. The van der Waals surface area contributed by atoms with E-state index in [0.29, 0.717) is 36.2 Å². The van der Waals surface area contributed by atoms with Crippen molar-refractivity contribution in [2.45, 2.75) is 39.0 Å². The van der Waals surface area contributed by atoms with Gasteiger partial charge in [-0.05, 0) is 37.0 Å². The van der Waals surface area contributed by atoms with E-state index in [1.54, 1.807) is 18.2 Å². The highest BCUT2D eigenvalue weighted by Gasteiger charge is 2.21. The normalized spacial score (nSPS) is 18.1. The van der Waals surface area contributed by atoms with Gasteiger partial charge in [0.2, 0.25) is 5.91 Å². The van der Waals surface area contributed by atoms with Crippen LogP contribution in [0.4, 0.5) is 0 Å². The summed E-state index contributed by atoms with van der Waals surface area (Å²) in [6, 6.07) is 5.26. The summed E-state index contributed by atoms with van der Waals surface area (Å²) in [5, 5.41) is 0. The molecule has 0 aliphatic carbocycles. The fourth-order valence-corrected chi connectivity index (χ4v) is 3.12. The van der Waals surface area contributed by atoms with E-state index in [9.17, 15) is 9.59 Å². The van der Waals surface area contributed by atoms with Gasteiger partial charge in [0.1, 0.15) is 0 Å². The van der Waals surface area contributed by atoms with Crippen LogP contribution in [0.1, 0.15) is 49.4 Å². The molecule has 1 aromatic rings.